The number of nitrogens with one attached hydrogen (secondary N) is 2. The van der Waals surface area contributed by atoms with E-state index in [1.54, 1.807) is 0 Å². The molecule has 2 atom stereocenters. The summed E-state index contributed by atoms with van der Waals surface area (Å²) in [6.45, 7) is 5.11. The minimum Gasteiger partial charge on any atom is -0.377 e. The zero-order valence-electron chi connectivity index (χ0n) is 13.3. The number of benzene rings is 1. The highest BCUT2D eigenvalue weighted by Crippen LogP contribution is 2.26. The van der Waals surface area contributed by atoms with Crippen LogP contribution in [0.15, 0.2) is 18.2 Å². The Kier molecular flexibility index (Phi) is 6.49. The lowest BCUT2D eigenvalue weighted by atomic mass is 9.92. The third-order valence-electron chi connectivity index (χ3n) is 4.04. The topological polar surface area (TPSA) is 44.4 Å². The zero-order chi connectivity index (χ0) is 14.7. The normalized spacial score (nSPS) is 21.3. The van der Waals surface area contributed by atoms with Crippen molar-refractivity contribution in [2.75, 3.05) is 30.9 Å². The lowest BCUT2D eigenvalue weighted by molar-refractivity contribution is -0.120. The minimum absolute atomic E-state index is 0. The molecular weight excluding hydrogens is 286 g/mol. The molecule has 4 nitrogen and oxygen atoms in total. The Hall–Kier alpha value is -1.26. The summed E-state index contributed by atoms with van der Waals surface area (Å²) in [6, 6.07) is 6.46. The molecular formula is C16H26ClN3O. The number of carbonyl (C=O) groups is 1. The van der Waals surface area contributed by atoms with Gasteiger partial charge in [0.2, 0.25) is 5.91 Å². The first-order valence-electron chi connectivity index (χ1n) is 7.30. The number of nitrogens with zero attached hydrogens (tertiary/aromatic N) is 1. The van der Waals surface area contributed by atoms with E-state index in [4.69, 9.17) is 0 Å². The molecule has 0 saturated carbocycles. The van der Waals surface area contributed by atoms with Gasteiger partial charge >= 0.3 is 0 Å². The Morgan fingerprint density at radius 3 is 2.71 bits per heavy atom. The van der Waals surface area contributed by atoms with E-state index in [0.29, 0.717) is 6.04 Å². The molecule has 0 aromatic heterocycles. The van der Waals surface area contributed by atoms with E-state index in [1.807, 2.05) is 26.2 Å². The van der Waals surface area contributed by atoms with Crippen LogP contribution in [-0.2, 0) is 4.79 Å². The highest BCUT2D eigenvalue weighted by Gasteiger charge is 2.25. The highest BCUT2D eigenvalue weighted by molar-refractivity contribution is 5.94. The average Bonchev–Trinajstić information content (AvgIpc) is 2.40. The van der Waals surface area contributed by atoms with Crippen LogP contribution in [0.4, 0.5) is 11.4 Å². The van der Waals surface area contributed by atoms with E-state index in [9.17, 15) is 4.79 Å². The van der Waals surface area contributed by atoms with E-state index in [1.165, 1.54) is 0 Å². The summed E-state index contributed by atoms with van der Waals surface area (Å²) in [6.07, 6.45) is 1.83. The number of halogens is 1. The van der Waals surface area contributed by atoms with Gasteiger partial charge in [-0.25, -0.2) is 0 Å². The van der Waals surface area contributed by atoms with E-state index in [0.717, 1.165) is 36.3 Å². The molecule has 21 heavy (non-hydrogen) atoms. The number of hydrogen-bond acceptors (Lipinski definition) is 3. The number of amides is 1. The molecule has 2 rings (SSSR count). The fourth-order valence-electron chi connectivity index (χ4n) is 2.85. The molecule has 1 heterocycles. The van der Waals surface area contributed by atoms with E-state index < -0.39 is 0 Å². The standard InChI is InChI=1S/C16H25N3O.ClH/c1-11-10-13(8-9-17-11)16(20)18-14-6-5-7-15(12(14)2)19(3)4;/h5-7,11,13,17H,8-10H2,1-4H3,(H,18,20);1H/t11-,13-;/m0./s1. The molecule has 0 bridgehead atoms. The van der Waals surface area contributed by atoms with Gasteiger partial charge < -0.3 is 15.5 Å². The molecule has 1 aliphatic heterocycles. The monoisotopic (exact) mass is 311 g/mol. The Morgan fingerprint density at radius 1 is 1.38 bits per heavy atom. The first-order valence-corrected chi connectivity index (χ1v) is 7.30. The molecule has 1 saturated heterocycles. The first-order chi connectivity index (χ1) is 9.49. The summed E-state index contributed by atoms with van der Waals surface area (Å²) >= 11 is 0. The van der Waals surface area contributed by atoms with Gasteiger partial charge in [0.1, 0.15) is 0 Å². The van der Waals surface area contributed by atoms with Crippen LogP contribution < -0.4 is 15.5 Å². The Morgan fingerprint density at radius 2 is 2.10 bits per heavy atom. The average molecular weight is 312 g/mol. The van der Waals surface area contributed by atoms with Crippen LogP contribution in [0, 0.1) is 12.8 Å². The smallest absolute Gasteiger partial charge is 0.227 e. The summed E-state index contributed by atoms with van der Waals surface area (Å²) in [5.41, 5.74) is 3.18. The van der Waals surface area contributed by atoms with E-state index in [-0.39, 0.29) is 24.2 Å². The third kappa shape index (κ3) is 4.35. The Balaban J connectivity index is 0.00000220. The minimum atomic E-state index is 0. The van der Waals surface area contributed by atoms with Crippen molar-refractivity contribution in [3.8, 4) is 0 Å². The predicted molar refractivity (Wildman–Crippen MR) is 91.6 cm³/mol. The quantitative estimate of drug-likeness (QED) is 0.902. The van der Waals surface area contributed by atoms with Crippen molar-refractivity contribution < 1.29 is 4.79 Å². The Bertz CT molecular complexity index is 490. The summed E-state index contributed by atoms with van der Waals surface area (Å²) in [4.78, 5) is 14.5. The number of anilines is 2. The van der Waals surface area contributed by atoms with Crippen LogP contribution in [0.25, 0.3) is 0 Å². The fraction of sp³-hybridized carbons (Fsp3) is 0.562. The molecule has 1 fully saturated rings. The summed E-state index contributed by atoms with van der Waals surface area (Å²) in [5, 5.41) is 6.48. The van der Waals surface area contributed by atoms with Crippen molar-refractivity contribution in [3.05, 3.63) is 23.8 Å². The number of rotatable bonds is 3. The molecule has 1 aliphatic rings. The molecule has 118 valence electrons. The fourth-order valence-corrected chi connectivity index (χ4v) is 2.85. The molecule has 1 amide bonds. The van der Waals surface area contributed by atoms with Gasteiger partial charge in [-0.05, 0) is 50.9 Å². The van der Waals surface area contributed by atoms with Gasteiger partial charge in [0.25, 0.3) is 0 Å². The summed E-state index contributed by atoms with van der Waals surface area (Å²) in [7, 11) is 4.03. The maximum atomic E-state index is 12.4. The van der Waals surface area contributed by atoms with Gasteiger partial charge in [-0.1, -0.05) is 6.07 Å². The van der Waals surface area contributed by atoms with Gasteiger partial charge in [-0.15, -0.1) is 12.4 Å². The maximum absolute atomic E-state index is 12.4. The largest absolute Gasteiger partial charge is 0.377 e. The summed E-state index contributed by atoms with van der Waals surface area (Å²) < 4.78 is 0. The van der Waals surface area contributed by atoms with Crippen LogP contribution in [0.3, 0.4) is 0 Å². The molecule has 0 aliphatic carbocycles. The second kappa shape index (κ2) is 7.66. The second-order valence-corrected chi connectivity index (χ2v) is 5.91. The predicted octanol–water partition coefficient (Wildman–Crippen LogP) is 2.81. The van der Waals surface area contributed by atoms with Crippen LogP contribution >= 0.6 is 12.4 Å². The first kappa shape index (κ1) is 17.8. The lowest BCUT2D eigenvalue weighted by Gasteiger charge is -2.27. The van der Waals surface area contributed by atoms with Crippen LogP contribution in [-0.4, -0.2) is 32.6 Å². The van der Waals surface area contributed by atoms with Crippen molar-refractivity contribution in [1.82, 2.24) is 5.32 Å². The molecule has 0 unspecified atom stereocenters. The third-order valence-corrected chi connectivity index (χ3v) is 4.04. The lowest BCUT2D eigenvalue weighted by Crippen LogP contribution is -2.40. The van der Waals surface area contributed by atoms with Crippen molar-refractivity contribution in [3.63, 3.8) is 0 Å². The van der Waals surface area contributed by atoms with E-state index in [2.05, 4.69) is 35.4 Å². The van der Waals surface area contributed by atoms with Crippen LogP contribution in [0.2, 0.25) is 0 Å². The molecule has 0 spiro atoms. The van der Waals surface area contributed by atoms with Gasteiger partial charge in [-0.2, -0.15) is 0 Å². The SMILES string of the molecule is Cc1c(NC(=O)[C@H]2CCN[C@@H](C)C2)cccc1N(C)C.Cl. The van der Waals surface area contributed by atoms with Crippen LogP contribution in [0.5, 0.6) is 0 Å². The van der Waals surface area contributed by atoms with Crippen molar-refractivity contribution >= 4 is 29.7 Å². The second-order valence-electron chi connectivity index (χ2n) is 5.91. The highest BCUT2D eigenvalue weighted by atomic mass is 35.5. The molecule has 5 heteroatoms. The molecule has 2 N–H and O–H groups in total. The van der Waals surface area contributed by atoms with Gasteiger partial charge in [0.15, 0.2) is 0 Å². The Labute approximate surface area is 133 Å². The van der Waals surface area contributed by atoms with Crippen molar-refractivity contribution in [2.24, 2.45) is 5.92 Å². The summed E-state index contributed by atoms with van der Waals surface area (Å²) in [5.74, 6) is 0.269. The molecule has 1 aromatic rings. The van der Waals surface area contributed by atoms with Crippen LogP contribution in [0.1, 0.15) is 25.3 Å². The van der Waals surface area contributed by atoms with E-state index >= 15 is 0 Å². The maximum Gasteiger partial charge on any atom is 0.227 e. The van der Waals surface area contributed by atoms with Crippen molar-refractivity contribution in [1.29, 1.82) is 0 Å². The molecule has 0 radical (unpaired) electrons. The number of piperidine rings is 1. The van der Waals surface area contributed by atoms with Gasteiger partial charge in [-0.3, -0.25) is 4.79 Å². The van der Waals surface area contributed by atoms with Gasteiger partial charge in [0.05, 0.1) is 0 Å². The number of hydrogen-bond donors (Lipinski definition) is 2. The van der Waals surface area contributed by atoms with Crippen molar-refractivity contribution in [2.45, 2.75) is 32.7 Å². The zero-order valence-corrected chi connectivity index (χ0v) is 14.1. The number of carbonyl (C=O) groups excluding carboxylic acids is 1. The van der Waals surface area contributed by atoms with Gasteiger partial charge in [0, 0.05) is 37.4 Å². The molecule has 1 aromatic carbocycles.